The van der Waals surface area contributed by atoms with Crippen LogP contribution in [0.5, 0.6) is 0 Å². The molecule has 4 aromatic rings. The number of hydrogen-bond acceptors (Lipinski definition) is 4. The lowest BCUT2D eigenvalue weighted by molar-refractivity contribution is 0.576. The standard InChI is InChI=1S/C17H14N4O/c18-11-14-17(16-9-4-10-22-16)21(20-19-14)15-8-3-6-12-5-1-2-7-13(12)15/h1-10H,11,18H2. The normalized spacial score (nSPS) is 11.1. The van der Waals surface area contributed by atoms with Gasteiger partial charge in [-0.25, -0.2) is 4.68 Å². The second kappa shape index (κ2) is 5.13. The van der Waals surface area contributed by atoms with Crippen LogP contribution in [0.25, 0.3) is 27.9 Å². The first kappa shape index (κ1) is 12.8. The van der Waals surface area contributed by atoms with E-state index in [4.69, 9.17) is 10.2 Å². The van der Waals surface area contributed by atoms with Crippen LogP contribution in [0.4, 0.5) is 0 Å². The molecule has 5 heteroatoms. The van der Waals surface area contributed by atoms with E-state index in [1.165, 1.54) is 0 Å². The molecule has 0 atom stereocenters. The summed E-state index contributed by atoms with van der Waals surface area (Å²) in [5.41, 5.74) is 8.26. The number of nitrogens with two attached hydrogens (primary N) is 1. The van der Waals surface area contributed by atoms with Gasteiger partial charge in [0.15, 0.2) is 5.76 Å². The average Bonchev–Trinajstić information content (AvgIpc) is 3.23. The summed E-state index contributed by atoms with van der Waals surface area (Å²) in [6, 6.07) is 18.0. The predicted octanol–water partition coefficient (Wildman–Crippen LogP) is 3.14. The van der Waals surface area contributed by atoms with Crippen LogP contribution in [0.15, 0.2) is 65.3 Å². The quantitative estimate of drug-likeness (QED) is 0.629. The third-order valence-corrected chi connectivity index (χ3v) is 3.68. The Labute approximate surface area is 127 Å². The number of rotatable bonds is 3. The zero-order chi connectivity index (χ0) is 14.9. The lowest BCUT2D eigenvalue weighted by Gasteiger charge is -2.09. The number of hydrogen-bond donors (Lipinski definition) is 1. The third kappa shape index (κ3) is 1.91. The number of fused-ring (bicyclic) bond motifs is 1. The Kier molecular flexibility index (Phi) is 2.98. The predicted molar refractivity (Wildman–Crippen MR) is 84.5 cm³/mol. The highest BCUT2D eigenvalue weighted by Gasteiger charge is 2.18. The van der Waals surface area contributed by atoms with Crippen molar-refractivity contribution in [2.45, 2.75) is 6.54 Å². The summed E-state index contributed by atoms with van der Waals surface area (Å²) in [6.45, 7) is 0.306. The number of benzene rings is 2. The molecule has 0 spiro atoms. The van der Waals surface area contributed by atoms with Crippen molar-refractivity contribution < 1.29 is 4.42 Å². The molecule has 4 rings (SSSR count). The SMILES string of the molecule is NCc1nnn(-c2cccc3ccccc23)c1-c1ccco1. The molecule has 0 unspecified atom stereocenters. The zero-order valence-electron chi connectivity index (χ0n) is 11.8. The van der Waals surface area contributed by atoms with E-state index in [1.807, 2.05) is 36.4 Å². The molecule has 0 amide bonds. The first-order valence-electron chi connectivity index (χ1n) is 7.05. The van der Waals surface area contributed by atoms with Crippen molar-refractivity contribution in [2.24, 2.45) is 5.73 Å². The van der Waals surface area contributed by atoms with Gasteiger partial charge in [0.05, 0.1) is 12.0 Å². The van der Waals surface area contributed by atoms with Crippen LogP contribution in [0.1, 0.15) is 5.69 Å². The summed E-state index contributed by atoms with van der Waals surface area (Å²) >= 11 is 0. The molecule has 0 aliphatic heterocycles. The summed E-state index contributed by atoms with van der Waals surface area (Å²) in [4.78, 5) is 0. The highest BCUT2D eigenvalue weighted by Crippen LogP contribution is 2.29. The lowest BCUT2D eigenvalue weighted by Crippen LogP contribution is -2.02. The van der Waals surface area contributed by atoms with E-state index < -0.39 is 0 Å². The summed E-state index contributed by atoms with van der Waals surface area (Å²) in [7, 11) is 0. The molecule has 0 radical (unpaired) electrons. The van der Waals surface area contributed by atoms with Crippen LogP contribution >= 0.6 is 0 Å². The van der Waals surface area contributed by atoms with E-state index in [0.29, 0.717) is 18.0 Å². The lowest BCUT2D eigenvalue weighted by atomic mass is 10.1. The van der Waals surface area contributed by atoms with Gasteiger partial charge in [0.1, 0.15) is 11.4 Å². The molecule has 2 aromatic heterocycles. The molecule has 22 heavy (non-hydrogen) atoms. The fraction of sp³-hybridized carbons (Fsp3) is 0.0588. The van der Waals surface area contributed by atoms with Gasteiger partial charge in [-0.1, -0.05) is 41.6 Å². The van der Waals surface area contributed by atoms with Crippen molar-refractivity contribution in [3.63, 3.8) is 0 Å². The molecule has 2 aromatic carbocycles. The molecule has 0 fully saturated rings. The van der Waals surface area contributed by atoms with Gasteiger partial charge in [-0.05, 0) is 23.6 Å². The Bertz CT molecular complexity index is 920. The van der Waals surface area contributed by atoms with Crippen molar-refractivity contribution >= 4 is 10.8 Å². The average molecular weight is 290 g/mol. The van der Waals surface area contributed by atoms with Crippen molar-refractivity contribution in [3.05, 3.63) is 66.6 Å². The van der Waals surface area contributed by atoms with Crippen LogP contribution in [0.2, 0.25) is 0 Å². The van der Waals surface area contributed by atoms with E-state index >= 15 is 0 Å². The summed E-state index contributed by atoms with van der Waals surface area (Å²) < 4.78 is 7.33. The van der Waals surface area contributed by atoms with Gasteiger partial charge in [0.25, 0.3) is 0 Å². The molecular weight excluding hydrogens is 276 g/mol. The fourth-order valence-corrected chi connectivity index (χ4v) is 2.67. The summed E-state index contributed by atoms with van der Waals surface area (Å²) in [6.07, 6.45) is 1.63. The molecule has 5 nitrogen and oxygen atoms in total. The van der Waals surface area contributed by atoms with Crippen molar-refractivity contribution in [1.29, 1.82) is 0 Å². The van der Waals surface area contributed by atoms with Gasteiger partial charge in [-0.15, -0.1) is 5.10 Å². The van der Waals surface area contributed by atoms with E-state index in [-0.39, 0.29) is 0 Å². The third-order valence-electron chi connectivity index (χ3n) is 3.68. The van der Waals surface area contributed by atoms with Crippen LogP contribution in [-0.4, -0.2) is 15.0 Å². The Morgan fingerprint density at radius 1 is 1.00 bits per heavy atom. The van der Waals surface area contributed by atoms with E-state index in [0.717, 1.165) is 22.2 Å². The Balaban J connectivity index is 2.02. The molecule has 108 valence electrons. The topological polar surface area (TPSA) is 69.9 Å². The van der Waals surface area contributed by atoms with Crippen LogP contribution in [0.3, 0.4) is 0 Å². The maximum Gasteiger partial charge on any atom is 0.154 e. The Morgan fingerprint density at radius 3 is 2.68 bits per heavy atom. The highest BCUT2D eigenvalue weighted by atomic mass is 16.3. The van der Waals surface area contributed by atoms with Crippen molar-refractivity contribution in [3.8, 4) is 17.1 Å². The molecule has 0 saturated heterocycles. The van der Waals surface area contributed by atoms with Gasteiger partial charge in [-0.3, -0.25) is 0 Å². The number of nitrogens with zero attached hydrogens (tertiary/aromatic N) is 3. The first-order valence-corrected chi connectivity index (χ1v) is 7.05. The molecule has 0 aliphatic rings. The molecule has 2 heterocycles. The second-order valence-corrected chi connectivity index (χ2v) is 4.98. The minimum absolute atomic E-state index is 0.306. The Morgan fingerprint density at radius 2 is 1.86 bits per heavy atom. The van der Waals surface area contributed by atoms with Gasteiger partial charge < -0.3 is 10.2 Å². The minimum atomic E-state index is 0.306. The minimum Gasteiger partial charge on any atom is -0.463 e. The Hall–Kier alpha value is -2.92. The molecule has 0 saturated carbocycles. The van der Waals surface area contributed by atoms with E-state index in [2.05, 4.69) is 28.5 Å². The highest BCUT2D eigenvalue weighted by molar-refractivity contribution is 5.90. The number of furan rings is 1. The van der Waals surface area contributed by atoms with Gasteiger partial charge >= 0.3 is 0 Å². The molecule has 0 bridgehead atoms. The first-order chi connectivity index (χ1) is 10.9. The smallest absolute Gasteiger partial charge is 0.154 e. The van der Waals surface area contributed by atoms with Crippen molar-refractivity contribution in [1.82, 2.24) is 15.0 Å². The second-order valence-electron chi connectivity index (χ2n) is 4.98. The van der Waals surface area contributed by atoms with Gasteiger partial charge in [-0.2, -0.15) is 0 Å². The van der Waals surface area contributed by atoms with E-state index in [1.54, 1.807) is 10.9 Å². The van der Waals surface area contributed by atoms with Crippen LogP contribution < -0.4 is 5.73 Å². The largest absolute Gasteiger partial charge is 0.463 e. The summed E-state index contributed by atoms with van der Waals surface area (Å²) in [5.74, 6) is 0.707. The monoisotopic (exact) mass is 290 g/mol. The zero-order valence-corrected chi connectivity index (χ0v) is 11.8. The van der Waals surface area contributed by atoms with E-state index in [9.17, 15) is 0 Å². The fourth-order valence-electron chi connectivity index (χ4n) is 2.67. The maximum atomic E-state index is 5.80. The number of aromatic nitrogens is 3. The van der Waals surface area contributed by atoms with Crippen molar-refractivity contribution in [2.75, 3.05) is 0 Å². The van der Waals surface area contributed by atoms with Gasteiger partial charge in [0.2, 0.25) is 0 Å². The van der Waals surface area contributed by atoms with Crippen LogP contribution in [0, 0.1) is 0 Å². The van der Waals surface area contributed by atoms with Crippen LogP contribution in [-0.2, 0) is 6.54 Å². The molecule has 2 N–H and O–H groups in total. The van der Waals surface area contributed by atoms with Gasteiger partial charge in [0, 0.05) is 11.9 Å². The summed E-state index contributed by atoms with van der Waals surface area (Å²) in [5, 5.41) is 10.7. The maximum absolute atomic E-state index is 5.80. The molecular formula is C17H14N4O. The molecule has 0 aliphatic carbocycles.